The highest BCUT2D eigenvalue weighted by atomic mass is 16.5. The first-order chi connectivity index (χ1) is 34.8. The number of hydrogen-bond donors (Lipinski definition) is 0. The third-order valence-corrected chi connectivity index (χ3v) is 24.7. The second-order valence-electron chi connectivity index (χ2n) is 25.2. The minimum Gasteiger partial charge on any atom is -0.426 e. The van der Waals surface area contributed by atoms with Crippen molar-refractivity contribution in [3.63, 3.8) is 0 Å². The van der Waals surface area contributed by atoms with Crippen molar-refractivity contribution in [2.45, 2.75) is 17.8 Å². The van der Waals surface area contributed by atoms with Crippen molar-refractivity contribution in [3.8, 4) is 5.75 Å². The summed E-state index contributed by atoms with van der Waals surface area (Å²) in [6, 6.07) is 10.00. The van der Waals surface area contributed by atoms with Crippen LogP contribution in [-0.4, -0.2) is 5.97 Å². The summed E-state index contributed by atoms with van der Waals surface area (Å²) < 4.78 is 6.68. The highest BCUT2D eigenvalue weighted by molar-refractivity contribution is 6.82. The summed E-state index contributed by atoms with van der Waals surface area (Å²) in [6.45, 7) is 0. The molecule has 0 saturated heterocycles. The van der Waals surface area contributed by atoms with Crippen molar-refractivity contribution >= 4 is 297 Å². The maximum Gasteiger partial charge on any atom is 0.312 e. The van der Waals surface area contributed by atoms with Crippen LogP contribution in [0.4, 0.5) is 0 Å². The van der Waals surface area contributed by atoms with Crippen LogP contribution >= 0.6 is 0 Å². The van der Waals surface area contributed by atoms with Gasteiger partial charge in [0.05, 0.1) is 6.42 Å². The molecule has 0 spiro atoms. The highest BCUT2D eigenvalue weighted by Crippen LogP contribution is 2.84. The molecule has 29 aromatic rings. The number of para-hydroxylation sites is 1. The Morgan fingerprint density at radius 2 is 0.486 bits per heavy atom. The minimum atomic E-state index is -0.614. The summed E-state index contributed by atoms with van der Waals surface area (Å²) in [5.74, 6) is 0.585. The van der Waals surface area contributed by atoms with Gasteiger partial charge >= 0.3 is 5.97 Å². The first kappa shape index (κ1) is 26.1. The SMILES string of the molecule is O=C(CC12c3c4c5c6c7c8c(c9c%10c1c1c3c3c%11c4c4c5c5c7c7c%12c8c8c9c9c%10c%10c1c1c3c3c%11c%11c4c4c5c7c5c7c%12c8c8c9c9c%10c1c1c3c3c%11c4c5c4c7c8c9c1c34)C62)Oc1ccccc1. The summed E-state index contributed by atoms with van der Waals surface area (Å²) in [5, 5.41) is 85.7. The molecule has 4 aliphatic carbocycles. The molecule has 292 valence electrons. The summed E-state index contributed by atoms with van der Waals surface area (Å²) in [7, 11) is 0. The molecule has 0 N–H and O–H groups in total. The fraction of sp³-hybridized carbons (Fsp3) is 0.0441. The predicted octanol–water partition coefficient (Wildman–Crippen LogP) is 18.1. The van der Waals surface area contributed by atoms with Gasteiger partial charge in [-0.2, -0.15) is 0 Å². The molecule has 0 fully saturated rings. The lowest BCUT2D eigenvalue weighted by atomic mass is 9.56. The van der Waals surface area contributed by atoms with Crippen LogP contribution in [0.1, 0.15) is 34.6 Å². The second-order valence-corrected chi connectivity index (χ2v) is 25.2. The van der Waals surface area contributed by atoms with Crippen molar-refractivity contribution in [2.75, 3.05) is 0 Å². The second kappa shape index (κ2) is 6.01. The van der Waals surface area contributed by atoms with E-state index >= 15 is 4.79 Å². The Balaban J connectivity index is 1.13. The fourth-order valence-electron chi connectivity index (χ4n) is 24.5. The Morgan fingerprint density at radius 1 is 0.286 bits per heavy atom. The Hall–Kier alpha value is -8.85. The van der Waals surface area contributed by atoms with Gasteiger partial charge in [-0.15, -0.1) is 0 Å². The van der Waals surface area contributed by atoms with Gasteiger partial charge in [-0.1, -0.05) is 18.2 Å². The lowest BCUT2D eigenvalue weighted by Gasteiger charge is -2.44. The average Bonchev–Trinajstić information content (AvgIpc) is 4.38. The Bertz CT molecular complexity index is 7130. The van der Waals surface area contributed by atoms with E-state index in [1.165, 1.54) is 32.7 Å². The molecule has 0 unspecified atom stereocenters. The Kier molecular flexibility index (Phi) is 2.24. The summed E-state index contributed by atoms with van der Waals surface area (Å²) in [5.41, 5.74) is 5.58. The number of rotatable bonds is 3. The first-order valence-corrected chi connectivity index (χ1v) is 25.8. The average molecular weight is 857 g/mol. The van der Waals surface area contributed by atoms with E-state index in [-0.39, 0.29) is 11.9 Å². The van der Waals surface area contributed by atoms with Gasteiger partial charge in [0.25, 0.3) is 0 Å². The summed E-state index contributed by atoms with van der Waals surface area (Å²) >= 11 is 0. The monoisotopic (exact) mass is 856 g/mol. The van der Waals surface area contributed by atoms with Crippen molar-refractivity contribution in [3.05, 3.63) is 52.6 Å². The van der Waals surface area contributed by atoms with E-state index in [1.54, 1.807) is 280 Å². The van der Waals surface area contributed by atoms with Gasteiger partial charge < -0.3 is 4.74 Å². The maximum absolute atomic E-state index is 15.7. The van der Waals surface area contributed by atoms with E-state index in [1.807, 2.05) is 30.3 Å². The van der Waals surface area contributed by atoms with Crippen molar-refractivity contribution < 1.29 is 9.53 Å². The van der Waals surface area contributed by atoms with Crippen LogP contribution in [0.3, 0.4) is 0 Å². The fourth-order valence-corrected chi connectivity index (χ4v) is 24.5. The molecule has 0 heterocycles. The molecule has 0 saturated carbocycles. The van der Waals surface area contributed by atoms with Gasteiger partial charge in [-0.3, -0.25) is 4.79 Å². The minimum absolute atomic E-state index is 0.0291. The van der Waals surface area contributed by atoms with Crippen LogP contribution in [0, 0.1) is 0 Å². The Labute approximate surface area is 380 Å². The van der Waals surface area contributed by atoms with Gasteiger partial charge in [-0.05, 0) is 325 Å². The van der Waals surface area contributed by atoms with Crippen LogP contribution in [0.5, 0.6) is 5.75 Å². The zero-order valence-electron chi connectivity index (χ0n) is 35.5. The van der Waals surface area contributed by atoms with E-state index < -0.39 is 5.41 Å². The molecule has 0 aromatic heterocycles. The third kappa shape index (κ3) is 1.43. The molecule has 0 atom stereocenters. The van der Waals surface area contributed by atoms with Crippen LogP contribution in [0.15, 0.2) is 30.3 Å². The van der Waals surface area contributed by atoms with Crippen molar-refractivity contribution in [2.24, 2.45) is 0 Å². The topological polar surface area (TPSA) is 26.3 Å². The molecule has 2 nitrogen and oxygen atoms in total. The third-order valence-electron chi connectivity index (χ3n) is 24.7. The van der Waals surface area contributed by atoms with E-state index in [4.69, 9.17) is 4.74 Å². The smallest absolute Gasteiger partial charge is 0.312 e. The predicted molar refractivity (Wildman–Crippen MR) is 292 cm³/mol. The van der Waals surface area contributed by atoms with Gasteiger partial charge in [0.1, 0.15) is 5.75 Å². The molecular weight excluding hydrogens is 849 g/mol. The van der Waals surface area contributed by atoms with Gasteiger partial charge in [0.15, 0.2) is 0 Å². The Morgan fingerprint density at radius 3 is 0.743 bits per heavy atom. The molecule has 0 aliphatic heterocycles. The number of esters is 1. The van der Waals surface area contributed by atoms with Crippen LogP contribution in [0.25, 0.3) is 291 Å². The number of benzene rings is 19. The number of ether oxygens (including phenoxy) is 1. The van der Waals surface area contributed by atoms with E-state index in [2.05, 4.69) is 0 Å². The van der Waals surface area contributed by atoms with E-state index in [0.29, 0.717) is 12.2 Å². The molecule has 0 bridgehead atoms. The quantitative estimate of drug-likeness (QED) is 0.101. The molecule has 33 rings (SSSR count). The highest BCUT2D eigenvalue weighted by Gasteiger charge is 2.63. The van der Waals surface area contributed by atoms with Gasteiger partial charge in [-0.25, -0.2) is 0 Å². The van der Waals surface area contributed by atoms with Crippen LogP contribution in [0.2, 0.25) is 0 Å². The number of hydrogen-bond acceptors (Lipinski definition) is 2. The molecular formula is C68H8O2. The lowest BCUT2D eigenvalue weighted by molar-refractivity contribution is -0.135. The molecule has 0 radical (unpaired) electrons. The molecule has 2 heteroatoms. The van der Waals surface area contributed by atoms with Gasteiger partial charge in [0.2, 0.25) is 0 Å². The van der Waals surface area contributed by atoms with Crippen molar-refractivity contribution in [1.29, 1.82) is 0 Å². The maximum atomic E-state index is 15.7. The first-order valence-electron chi connectivity index (χ1n) is 25.8. The molecule has 4 aliphatic rings. The van der Waals surface area contributed by atoms with E-state index in [9.17, 15) is 0 Å². The van der Waals surface area contributed by atoms with E-state index in [0.717, 1.165) is 0 Å². The normalized spacial score (nSPS) is 20.6. The van der Waals surface area contributed by atoms with Crippen LogP contribution < -0.4 is 4.74 Å². The van der Waals surface area contributed by atoms with Gasteiger partial charge in [0, 0.05) is 11.3 Å². The molecule has 0 amide bonds. The van der Waals surface area contributed by atoms with Crippen molar-refractivity contribution in [1.82, 2.24) is 0 Å². The zero-order valence-corrected chi connectivity index (χ0v) is 35.5. The zero-order chi connectivity index (χ0) is 41.7. The standard InChI is InChI=1S/C68H8O2/c69-8(70-7-4-2-1-3-5-7)6-68-65-61-55-41-33-25-13-10-9-11-14(13)26-28-24-18(11)20-16-12(9)15-19-17(10)23-27(25)39(41)47-45-31(23)29(19)37-35-21(15)22(16)36-38-30(20)32(24)46-48-40(28)42(34(26)33)56(55)62(65)58(48)60-52(46)50(38)54-44(36)43(35)53-49(37)51(45)59(57(47)61)66(68)63(53)64(54)67(60)68/h1-5,65H,6H2. The summed E-state index contributed by atoms with van der Waals surface area (Å²) in [6.07, 6.45) is 0.336. The number of carbonyl (C=O) groups is 1. The largest absolute Gasteiger partial charge is 0.426 e. The lowest BCUT2D eigenvalue weighted by Crippen LogP contribution is -2.40. The molecule has 70 heavy (non-hydrogen) atoms. The summed E-state index contributed by atoms with van der Waals surface area (Å²) in [4.78, 5) is 15.7. The molecule has 29 aromatic carbocycles. The number of carbonyl (C=O) groups excluding carboxylic acids is 1. The van der Waals surface area contributed by atoms with Crippen LogP contribution in [-0.2, 0) is 10.2 Å².